The lowest BCUT2D eigenvalue weighted by Crippen LogP contribution is -2.49. The van der Waals surface area contributed by atoms with Crippen LogP contribution >= 0.6 is 0 Å². The highest BCUT2D eigenvalue weighted by Gasteiger charge is 2.28. The van der Waals surface area contributed by atoms with E-state index in [1.54, 1.807) is 18.3 Å². The molecule has 1 aliphatic rings. The van der Waals surface area contributed by atoms with Gasteiger partial charge in [0.25, 0.3) is 0 Å². The van der Waals surface area contributed by atoms with Crippen LogP contribution in [-0.4, -0.2) is 43.9 Å². The monoisotopic (exact) mass is 342 g/mol. The van der Waals surface area contributed by atoms with Gasteiger partial charge in [0.05, 0.1) is 11.3 Å². The van der Waals surface area contributed by atoms with E-state index in [4.69, 9.17) is 0 Å². The Morgan fingerprint density at radius 1 is 1.04 bits per heavy atom. The Morgan fingerprint density at radius 3 is 2.42 bits per heavy atom. The van der Waals surface area contributed by atoms with Gasteiger partial charge in [-0.2, -0.15) is 9.57 Å². The van der Waals surface area contributed by atoms with Crippen molar-refractivity contribution in [1.29, 1.82) is 5.26 Å². The van der Waals surface area contributed by atoms with E-state index in [1.807, 2.05) is 35.2 Å². The fourth-order valence-electron chi connectivity index (χ4n) is 2.79. The molecular formula is C17H18N4O2S. The van der Waals surface area contributed by atoms with Crippen LogP contribution in [0.25, 0.3) is 0 Å². The third-order valence-electron chi connectivity index (χ3n) is 4.03. The van der Waals surface area contributed by atoms with Crippen LogP contribution in [0, 0.1) is 11.3 Å². The second-order valence-electron chi connectivity index (χ2n) is 5.61. The number of benzene rings is 1. The molecule has 0 spiro atoms. The molecule has 2 aromatic rings. The van der Waals surface area contributed by atoms with Gasteiger partial charge in [0, 0.05) is 32.4 Å². The minimum absolute atomic E-state index is 0.0148. The summed E-state index contributed by atoms with van der Waals surface area (Å²) in [6.45, 7) is 1.85. The molecule has 6 nitrogen and oxygen atoms in total. The number of hydrogen-bond donors (Lipinski definition) is 0. The predicted molar refractivity (Wildman–Crippen MR) is 91.8 cm³/mol. The van der Waals surface area contributed by atoms with Gasteiger partial charge in [-0.3, -0.25) is 0 Å². The average Bonchev–Trinajstić information content (AvgIpc) is 2.62. The molecule has 0 saturated carbocycles. The molecule has 1 aromatic carbocycles. The lowest BCUT2D eigenvalue weighted by molar-refractivity contribution is 0.383. The first-order chi connectivity index (χ1) is 11.6. The molecule has 1 fully saturated rings. The van der Waals surface area contributed by atoms with Crippen LogP contribution in [0.5, 0.6) is 0 Å². The summed E-state index contributed by atoms with van der Waals surface area (Å²) >= 11 is 0. The highest BCUT2D eigenvalue weighted by molar-refractivity contribution is 7.88. The molecule has 0 unspecified atom stereocenters. The molecule has 0 atom stereocenters. The largest absolute Gasteiger partial charge is 0.353 e. The van der Waals surface area contributed by atoms with Crippen molar-refractivity contribution in [2.75, 3.05) is 31.1 Å². The average molecular weight is 342 g/mol. The molecule has 7 heteroatoms. The van der Waals surface area contributed by atoms with E-state index in [9.17, 15) is 13.7 Å². The van der Waals surface area contributed by atoms with Gasteiger partial charge in [-0.15, -0.1) is 0 Å². The standard InChI is InChI=1S/C17H18N4O2S/c18-13-16-7-4-8-19-17(16)20-9-11-21(12-10-20)24(22,23)14-15-5-2-1-3-6-15/h1-8H,9-12,14H2. The summed E-state index contributed by atoms with van der Waals surface area (Å²) in [5.41, 5.74) is 1.30. The second kappa shape index (κ2) is 6.99. The maximum atomic E-state index is 12.6. The number of pyridine rings is 1. The van der Waals surface area contributed by atoms with Crippen LogP contribution in [-0.2, 0) is 15.8 Å². The Hall–Kier alpha value is -2.43. The number of sulfonamides is 1. The van der Waals surface area contributed by atoms with Crippen molar-refractivity contribution < 1.29 is 8.42 Å². The highest BCUT2D eigenvalue weighted by Crippen LogP contribution is 2.20. The number of nitrogens with zero attached hydrogens (tertiary/aromatic N) is 4. The van der Waals surface area contributed by atoms with Crippen LogP contribution in [0.3, 0.4) is 0 Å². The van der Waals surface area contributed by atoms with Gasteiger partial charge >= 0.3 is 0 Å². The zero-order chi connectivity index (χ0) is 17.0. The number of hydrogen-bond acceptors (Lipinski definition) is 5. The van der Waals surface area contributed by atoms with E-state index in [0.717, 1.165) is 5.56 Å². The van der Waals surface area contributed by atoms with Crippen LogP contribution in [0.1, 0.15) is 11.1 Å². The molecule has 0 radical (unpaired) electrons. The summed E-state index contributed by atoms with van der Waals surface area (Å²) in [5.74, 6) is 0.640. The van der Waals surface area contributed by atoms with Crippen LogP contribution in [0.4, 0.5) is 5.82 Å². The van der Waals surface area contributed by atoms with E-state index in [0.29, 0.717) is 37.6 Å². The zero-order valence-electron chi connectivity index (χ0n) is 13.2. The van der Waals surface area contributed by atoms with Crippen molar-refractivity contribution in [2.45, 2.75) is 5.75 Å². The molecule has 1 saturated heterocycles. The van der Waals surface area contributed by atoms with Gasteiger partial charge in [0.2, 0.25) is 10.0 Å². The Kier molecular flexibility index (Phi) is 4.79. The first-order valence-electron chi connectivity index (χ1n) is 7.72. The molecule has 1 aliphatic heterocycles. The topological polar surface area (TPSA) is 77.3 Å². The van der Waals surface area contributed by atoms with E-state index < -0.39 is 10.0 Å². The quantitative estimate of drug-likeness (QED) is 0.843. The van der Waals surface area contributed by atoms with E-state index in [2.05, 4.69) is 11.1 Å². The molecule has 1 aromatic heterocycles. The van der Waals surface area contributed by atoms with Crippen molar-refractivity contribution in [3.63, 3.8) is 0 Å². The van der Waals surface area contributed by atoms with E-state index in [-0.39, 0.29) is 5.75 Å². The first-order valence-corrected chi connectivity index (χ1v) is 9.33. The van der Waals surface area contributed by atoms with Crippen molar-refractivity contribution in [2.24, 2.45) is 0 Å². The van der Waals surface area contributed by atoms with Gasteiger partial charge in [0.1, 0.15) is 11.9 Å². The summed E-state index contributed by atoms with van der Waals surface area (Å²) in [5, 5.41) is 9.17. The van der Waals surface area contributed by atoms with Crippen molar-refractivity contribution in [1.82, 2.24) is 9.29 Å². The summed E-state index contributed by atoms with van der Waals surface area (Å²) in [6.07, 6.45) is 1.65. The maximum Gasteiger partial charge on any atom is 0.218 e. The number of rotatable bonds is 4. The molecule has 0 amide bonds. The fraction of sp³-hybridized carbons (Fsp3) is 0.294. The molecule has 3 rings (SSSR count). The summed E-state index contributed by atoms with van der Waals surface area (Å²) in [4.78, 5) is 6.23. The molecular weight excluding hydrogens is 324 g/mol. The Labute approximate surface area is 142 Å². The number of anilines is 1. The van der Waals surface area contributed by atoms with Crippen LogP contribution in [0.2, 0.25) is 0 Å². The van der Waals surface area contributed by atoms with Gasteiger partial charge in [-0.25, -0.2) is 13.4 Å². The first kappa shape index (κ1) is 16.4. The number of piperazine rings is 1. The van der Waals surface area contributed by atoms with Crippen molar-refractivity contribution >= 4 is 15.8 Å². The molecule has 0 N–H and O–H groups in total. The maximum absolute atomic E-state index is 12.6. The third-order valence-corrected chi connectivity index (χ3v) is 5.88. The minimum atomic E-state index is -3.34. The Morgan fingerprint density at radius 2 is 1.75 bits per heavy atom. The molecule has 24 heavy (non-hydrogen) atoms. The van der Waals surface area contributed by atoms with E-state index in [1.165, 1.54) is 4.31 Å². The third kappa shape index (κ3) is 3.55. The smallest absolute Gasteiger partial charge is 0.218 e. The lowest BCUT2D eigenvalue weighted by atomic mass is 10.2. The van der Waals surface area contributed by atoms with Crippen molar-refractivity contribution in [3.05, 3.63) is 59.8 Å². The van der Waals surface area contributed by atoms with E-state index >= 15 is 0 Å². The van der Waals surface area contributed by atoms with Gasteiger partial charge < -0.3 is 4.90 Å². The van der Waals surface area contributed by atoms with Gasteiger partial charge in [0.15, 0.2) is 0 Å². The lowest BCUT2D eigenvalue weighted by Gasteiger charge is -2.35. The molecule has 0 bridgehead atoms. The summed E-state index contributed by atoms with van der Waals surface area (Å²) < 4.78 is 26.6. The summed E-state index contributed by atoms with van der Waals surface area (Å²) in [6, 6.07) is 14.8. The highest BCUT2D eigenvalue weighted by atomic mass is 32.2. The normalized spacial score (nSPS) is 15.9. The number of nitriles is 1. The molecule has 0 aliphatic carbocycles. The van der Waals surface area contributed by atoms with Crippen LogP contribution in [0.15, 0.2) is 48.7 Å². The fourth-order valence-corrected chi connectivity index (χ4v) is 4.31. The van der Waals surface area contributed by atoms with Crippen LogP contribution < -0.4 is 4.90 Å². The Balaban J connectivity index is 1.68. The van der Waals surface area contributed by atoms with Gasteiger partial charge in [-0.05, 0) is 17.7 Å². The summed E-state index contributed by atoms with van der Waals surface area (Å²) in [7, 11) is -3.34. The second-order valence-corrected chi connectivity index (χ2v) is 7.58. The Bertz CT molecular complexity index is 838. The zero-order valence-corrected chi connectivity index (χ0v) is 14.0. The van der Waals surface area contributed by atoms with Gasteiger partial charge in [-0.1, -0.05) is 30.3 Å². The molecule has 2 heterocycles. The predicted octanol–water partition coefficient (Wildman–Crippen LogP) is 1.61. The van der Waals surface area contributed by atoms with Crippen molar-refractivity contribution in [3.8, 4) is 6.07 Å². The minimum Gasteiger partial charge on any atom is -0.353 e. The SMILES string of the molecule is N#Cc1cccnc1N1CCN(S(=O)(=O)Cc2ccccc2)CC1. The number of aromatic nitrogens is 1. The molecule has 124 valence electrons.